The van der Waals surface area contributed by atoms with E-state index in [0.717, 1.165) is 22.6 Å². The quantitative estimate of drug-likeness (QED) is 0.877. The number of rotatable bonds is 2. The van der Waals surface area contributed by atoms with E-state index in [9.17, 15) is 0 Å². The van der Waals surface area contributed by atoms with Gasteiger partial charge in [0, 0.05) is 5.69 Å². The number of aromatic nitrogens is 2. The van der Waals surface area contributed by atoms with Crippen molar-refractivity contribution in [3.05, 3.63) is 52.5 Å². The van der Waals surface area contributed by atoms with E-state index in [2.05, 4.69) is 10.2 Å². The molecule has 0 saturated heterocycles. The van der Waals surface area contributed by atoms with Crippen LogP contribution >= 0.6 is 0 Å². The van der Waals surface area contributed by atoms with E-state index in [1.165, 1.54) is 0 Å². The second-order valence-corrected chi connectivity index (χ2v) is 4.77. The number of H-pyrrole nitrogens is 1. The van der Waals surface area contributed by atoms with Gasteiger partial charge in [-0.2, -0.15) is 5.26 Å². The first-order valence-corrected chi connectivity index (χ1v) is 6.42. The van der Waals surface area contributed by atoms with Crippen molar-refractivity contribution in [1.29, 1.82) is 5.26 Å². The highest BCUT2D eigenvalue weighted by molar-refractivity contribution is 5.53. The maximum atomic E-state index is 9.17. The third kappa shape index (κ3) is 1.99. The van der Waals surface area contributed by atoms with Crippen molar-refractivity contribution < 1.29 is 9.47 Å². The van der Waals surface area contributed by atoms with Crippen LogP contribution in [0.15, 0.2) is 35.7 Å². The predicted molar refractivity (Wildman–Crippen MR) is 75.6 cm³/mol. The monoisotopic (exact) mass is 282 g/mol. The summed E-state index contributed by atoms with van der Waals surface area (Å²) in [5, 5.41) is 16.1. The molecule has 1 aromatic carbocycles. The Kier molecular flexibility index (Phi) is 3.03. The summed E-state index contributed by atoms with van der Waals surface area (Å²) in [6.45, 7) is 1.90. The fraction of sp³-hybridized carbons (Fsp3) is 0.200. The topological polar surface area (TPSA) is 96.9 Å². The SMILES string of the molecule is COc1ccc(C2C(N)=C(C#N)Oc3n[nH]c(C)c32)cc1. The molecule has 0 saturated carbocycles. The Morgan fingerprint density at radius 2 is 2.10 bits per heavy atom. The number of fused-ring (bicyclic) bond motifs is 1. The van der Waals surface area contributed by atoms with Crippen LogP contribution in [0.5, 0.6) is 11.6 Å². The standard InChI is InChI=1S/C15H14N4O2/c1-8-12-13(9-3-5-10(20-2)6-4-9)14(17)11(7-16)21-15(12)19-18-8/h3-6,13H,17H2,1-2H3,(H,18,19). The first kappa shape index (κ1) is 13.1. The fourth-order valence-electron chi connectivity index (χ4n) is 2.51. The number of ether oxygens (including phenoxy) is 2. The summed E-state index contributed by atoms with van der Waals surface area (Å²) in [6.07, 6.45) is 0. The maximum absolute atomic E-state index is 9.17. The van der Waals surface area contributed by atoms with Crippen molar-refractivity contribution in [3.63, 3.8) is 0 Å². The number of aromatic amines is 1. The number of allylic oxidation sites excluding steroid dienone is 2. The van der Waals surface area contributed by atoms with Crippen LogP contribution in [-0.2, 0) is 0 Å². The number of methoxy groups -OCH3 is 1. The largest absolute Gasteiger partial charge is 0.497 e. The lowest BCUT2D eigenvalue weighted by Crippen LogP contribution is -2.21. The van der Waals surface area contributed by atoms with Gasteiger partial charge in [0.15, 0.2) is 0 Å². The normalized spacial score (nSPS) is 16.9. The molecule has 3 rings (SSSR count). The number of nitrogens with two attached hydrogens (primary N) is 1. The Labute approximate surface area is 121 Å². The molecule has 0 radical (unpaired) electrons. The molecule has 3 N–H and O–H groups in total. The number of nitrogens with one attached hydrogen (secondary N) is 1. The molecule has 1 aromatic heterocycles. The van der Waals surface area contributed by atoms with E-state index in [0.29, 0.717) is 11.6 Å². The number of nitrogens with zero attached hydrogens (tertiary/aromatic N) is 2. The van der Waals surface area contributed by atoms with Gasteiger partial charge in [-0.1, -0.05) is 12.1 Å². The number of benzene rings is 1. The van der Waals surface area contributed by atoms with Crippen LogP contribution in [0.25, 0.3) is 0 Å². The molecule has 1 unspecified atom stereocenters. The zero-order chi connectivity index (χ0) is 15.0. The summed E-state index contributed by atoms with van der Waals surface area (Å²) in [6, 6.07) is 9.55. The highest BCUT2D eigenvalue weighted by Gasteiger charge is 2.33. The van der Waals surface area contributed by atoms with Crippen LogP contribution in [0.3, 0.4) is 0 Å². The van der Waals surface area contributed by atoms with Crippen LogP contribution in [0, 0.1) is 18.3 Å². The summed E-state index contributed by atoms with van der Waals surface area (Å²) in [5.41, 5.74) is 9.21. The van der Waals surface area contributed by atoms with E-state index in [4.69, 9.17) is 20.5 Å². The molecule has 0 bridgehead atoms. The molecule has 0 spiro atoms. The zero-order valence-corrected chi connectivity index (χ0v) is 11.7. The smallest absolute Gasteiger partial charge is 0.243 e. The minimum absolute atomic E-state index is 0.0924. The third-order valence-electron chi connectivity index (χ3n) is 3.57. The highest BCUT2D eigenvalue weighted by Crippen LogP contribution is 2.41. The lowest BCUT2D eigenvalue weighted by molar-refractivity contribution is 0.399. The van der Waals surface area contributed by atoms with E-state index < -0.39 is 0 Å². The maximum Gasteiger partial charge on any atom is 0.243 e. The number of aryl methyl sites for hydroxylation is 1. The van der Waals surface area contributed by atoms with Crippen LogP contribution < -0.4 is 15.2 Å². The fourth-order valence-corrected chi connectivity index (χ4v) is 2.51. The Morgan fingerprint density at radius 1 is 1.38 bits per heavy atom. The zero-order valence-electron chi connectivity index (χ0n) is 11.7. The van der Waals surface area contributed by atoms with Crippen LogP contribution in [-0.4, -0.2) is 17.3 Å². The minimum Gasteiger partial charge on any atom is -0.497 e. The summed E-state index contributed by atoms with van der Waals surface area (Å²) in [5.74, 6) is 1.000. The molecule has 2 heterocycles. The average Bonchev–Trinajstić information content (AvgIpc) is 2.88. The van der Waals surface area contributed by atoms with Crippen molar-refractivity contribution >= 4 is 0 Å². The molecule has 106 valence electrons. The summed E-state index contributed by atoms with van der Waals surface area (Å²) >= 11 is 0. The Balaban J connectivity index is 2.16. The second-order valence-electron chi connectivity index (χ2n) is 4.77. The predicted octanol–water partition coefficient (Wildman–Crippen LogP) is 1.94. The summed E-state index contributed by atoms with van der Waals surface area (Å²) < 4.78 is 10.6. The second kappa shape index (κ2) is 4.87. The average molecular weight is 282 g/mol. The molecule has 21 heavy (non-hydrogen) atoms. The molecule has 1 aliphatic heterocycles. The minimum atomic E-state index is -0.256. The van der Waals surface area contributed by atoms with Crippen LogP contribution in [0.1, 0.15) is 22.7 Å². The lowest BCUT2D eigenvalue weighted by Gasteiger charge is -2.24. The molecule has 1 aliphatic rings. The molecular weight excluding hydrogens is 268 g/mol. The van der Waals surface area contributed by atoms with E-state index in [-0.39, 0.29) is 11.7 Å². The Bertz CT molecular complexity index is 753. The molecule has 2 aromatic rings. The van der Waals surface area contributed by atoms with Gasteiger partial charge in [0.05, 0.1) is 24.3 Å². The van der Waals surface area contributed by atoms with Crippen LogP contribution in [0.4, 0.5) is 0 Å². The van der Waals surface area contributed by atoms with Gasteiger partial charge < -0.3 is 15.2 Å². The van der Waals surface area contributed by atoms with E-state index >= 15 is 0 Å². The van der Waals surface area contributed by atoms with Gasteiger partial charge in [-0.3, -0.25) is 5.10 Å². The third-order valence-corrected chi connectivity index (χ3v) is 3.57. The van der Waals surface area contributed by atoms with Crippen molar-refractivity contribution in [2.45, 2.75) is 12.8 Å². The van der Waals surface area contributed by atoms with E-state index in [1.54, 1.807) is 7.11 Å². The number of nitriles is 1. The number of hydrogen-bond acceptors (Lipinski definition) is 5. The molecule has 6 heteroatoms. The molecule has 0 aliphatic carbocycles. The van der Waals surface area contributed by atoms with Gasteiger partial charge in [-0.25, -0.2) is 0 Å². The van der Waals surface area contributed by atoms with Crippen molar-refractivity contribution in [1.82, 2.24) is 10.2 Å². The Hall–Kier alpha value is -2.94. The molecule has 0 amide bonds. The molecular formula is C15H14N4O2. The van der Waals surface area contributed by atoms with Gasteiger partial charge in [0.2, 0.25) is 11.6 Å². The van der Waals surface area contributed by atoms with Gasteiger partial charge in [0.25, 0.3) is 0 Å². The van der Waals surface area contributed by atoms with Gasteiger partial charge in [-0.05, 0) is 24.6 Å². The molecule has 0 fully saturated rings. The first-order valence-electron chi connectivity index (χ1n) is 6.42. The lowest BCUT2D eigenvalue weighted by atomic mass is 9.87. The first-order chi connectivity index (χ1) is 10.2. The van der Waals surface area contributed by atoms with Gasteiger partial charge >= 0.3 is 0 Å². The number of hydrogen-bond donors (Lipinski definition) is 2. The van der Waals surface area contributed by atoms with Gasteiger partial charge in [-0.15, -0.1) is 5.10 Å². The van der Waals surface area contributed by atoms with Gasteiger partial charge in [0.1, 0.15) is 11.8 Å². The van der Waals surface area contributed by atoms with Crippen molar-refractivity contribution in [3.8, 4) is 17.7 Å². The van der Waals surface area contributed by atoms with Crippen molar-refractivity contribution in [2.24, 2.45) is 5.73 Å². The molecule has 1 atom stereocenters. The summed E-state index contributed by atoms with van der Waals surface area (Å²) in [4.78, 5) is 0. The Morgan fingerprint density at radius 3 is 2.71 bits per heavy atom. The molecule has 6 nitrogen and oxygen atoms in total. The van der Waals surface area contributed by atoms with Crippen LogP contribution in [0.2, 0.25) is 0 Å². The summed E-state index contributed by atoms with van der Waals surface area (Å²) in [7, 11) is 1.61. The van der Waals surface area contributed by atoms with Crippen molar-refractivity contribution in [2.75, 3.05) is 7.11 Å². The van der Waals surface area contributed by atoms with E-state index in [1.807, 2.05) is 37.3 Å². The highest BCUT2D eigenvalue weighted by atomic mass is 16.5.